The van der Waals surface area contributed by atoms with Gasteiger partial charge < -0.3 is 22.0 Å². The quantitative estimate of drug-likeness (QED) is 0.477. The van der Waals surface area contributed by atoms with Crippen molar-refractivity contribution in [3.63, 3.8) is 0 Å². The van der Waals surface area contributed by atoms with Crippen LogP contribution in [-0.4, -0.2) is 26.2 Å². The lowest BCUT2D eigenvalue weighted by Gasteiger charge is -2.38. The lowest BCUT2D eigenvalue weighted by Crippen LogP contribution is -3.00. The number of rotatable bonds is 0. The molecule has 0 radical (unpaired) electrons. The molecule has 0 amide bonds. The van der Waals surface area contributed by atoms with Crippen LogP contribution in [0.4, 0.5) is 5.69 Å². The van der Waals surface area contributed by atoms with Gasteiger partial charge in [-0.2, -0.15) is 0 Å². The fraction of sp³-hybridized carbons (Fsp3) is 0.480. The molecular formula is C25H27ClN2O. The second kappa shape index (κ2) is 6.50. The van der Waals surface area contributed by atoms with Gasteiger partial charge in [-0.15, -0.1) is 0 Å². The van der Waals surface area contributed by atoms with Crippen LogP contribution in [0.3, 0.4) is 0 Å². The molecular weight excluding hydrogens is 380 g/mol. The monoisotopic (exact) mass is 406 g/mol. The number of halogens is 1. The van der Waals surface area contributed by atoms with Gasteiger partial charge in [0.25, 0.3) is 0 Å². The molecule has 2 aromatic carbocycles. The van der Waals surface area contributed by atoms with E-state index >= 15 is 0 Å². The Kier molecular flexibility index (Phi) is 4.00. The predicted octanol–water partition coefficient (Wildman–Crippen LogP) is -0.293. The van der Waals surface area contributed by atoms with Crippen LogP contribution in [0.5, 0.6) is 11.5 Å². The minimum Gasteiger partial charge on any atom is -1.00 e. The average molecular weight is 407 g/mol. The van der Waals surface area contributed by atoms with E-state index in [9.17, 15) is 0 Å². The molecule has 0 spiro atoms. The maximum atomic E-state index is 6.83. The lowest BCUT2D eigenvalue weighted by atomic mass is 9.87. The number of anilines is 1. The predicted molar refractivity (Wildman–Crippen MR) is 112 cm³/mol. The van der Waals surface area contributed by atoms with Crippen molar-refractivity contribution in [1.29, 1.82) is 0 Å². The normalized spacial score (nSPS) is 20.3. The Morgan fingerprint density at radius 3 is 2.45 bits per heavy atom. The minimum absolute atomic E-state index is 0. The van der Waals surface area contributed by atoms with Crippen LogP contribution < -0.4 is 37.2 Å². The number of aryl methyl sites for hydroxylation is 2. The first-order chi connectivity index (χ1) is 13.9. The van der Waals surface area contributed by atoms with E-state index in [1.165, 1.54) is 109 Å². The summed E-state index contributed by atoms with van der Waals surface area (Å²) in [6, 6.07) is 4.87. The van der Waals surface area contributed by atoms with Gasteiger partial charge in [0.1, 0.15) is 24.6 Å². The third kappa shape index (κ3) is 2.46. The second-order valence-electron chi connectivity index (χ2n) is 9.20. The Labute approximate surface area is 178 Å². The average Bonchev–Trinajstić information content (AvgIpc) is 2.74. The first-order valence-electron chi connectivity index (χ1n) is 11.3. The Morgan fingerprint density at radius 2 is 1.55 bits per heavy atom. The van der Waals surface area contributed by atoms with Crippen molar-refractivity contribution in [2.45, 2.75) is 51.4 Å². The highest BCUT2D eigenvalue weighted by Crippen LogP contribution is 2.45. The number of hydrogen-bond acceptors (Lipinski definition) is 2. The van der Waals surface area contributed by atoms with Crippen molar-refractivity contribution >= 4 is 11.8 Å². The highest BCUT2D eigenvalue weighted by atomic mass is 35.5. The van der Waals surface area contributed by atoms with Crippen molar-refractivity contribution in [2.24, 2.45) is 0 Å². The van der Waals surface area contributed by atoms with Crippen molar-refractivity contribution in [2.75, 3.05) is 31.1 Å². The molecule has 4 heteroatoms. The Hall–Kier alpha value is -2.00. The van der Waals surface area contributed by atoms with Crippen LogP contribution >= 0.6 is 0 Å². The smallest absolute Gasteiger partial charge is 0.210 e. The summed E-state index contributed by atoms with van der Waals surface area (Å²) < 4.78 is 9.45. The van der Waals surface area contributed by atoms with Gasteiger partial charge in [0.15, 0.2) is 0 Å². The lowest BCUT2D eigenvalue weighted by molar-refractivity contribution is -0.00000589. The molecule has 0 unspecified atom stereocenters. The maximum Gasteiger partial charge on any atom is 0.210 e. The Morgan fingerprint density at radius 1 is 0.793 bits per heavy atom. The molecule has 0 fully saturated rings. The summed E-state index contributed by atoms with van der Waals surface area (Å²) in [5.74, 6) is 2.34. The van der Waals surface area contributed by atoms with E-state index in [1.54, 1.807) is 11.1 Å². The molecule has 29 heavy (non-hydrogen) atoms. The van der Waals surface area contributed by atoms with E-state index in [1.807, 2.05) is 0 Å². The molecule has 5 heterocycles. The number of ether oxygens (including phenoxy) is 1. The van der Waals surface area contributed by atoms with Crippen LogP contribution in [0, 0.1) is 0 Å². The van der Waals surface area contributed by atoms with E-state index < -0.39 is 0 Å². The van der Waals surface area contributed by atoms with Crippen molar-refractivity contribution in [3.05, 3.63) is 50.5 Å². The molecule has 150 valence electrons. The molecule has 5 aliphatic heterocycles. The summed E-state index contributed by atoms with van der Waals surface area (Å²) in [7, 11) is 0. The van der Waals surface area contributed by atoms with Gasteiger partial charge >= 0.3 is 0 Å². The molecule has 2 aromatic rings. The summed E-state index contributed by atoms with van der Waals surface area (Å²) >= 11 is 0. The summed E-state index contributed by atoms with van der Waals surface area (Å²) in [4.78, 5) is 2.62. The van der Waals surface area contributed by atoms with E-state index in [0.717, 1.165) is 12.8 Å². The van der Waals surface area contributed by atoms with Gasteiger partial charge in [-0.3, -0.25) is 0 Å². The minimum atomic E-state index is 0. The molecule has 0 N–H and O–H groups in total. The molecule has 0 aromatic heterocycles. The largest absolute Gasteiger partial charge is 1.00 e. The zero-order valence-electron chi connectivity index (χ0n) is 16.9. The number of hydrogen-bond donors (Lipinski definition) is 0. The van der Waals surface area contributed by atoms with Gasteiger partial charge in [0.2, 0.25) is 5.36 Å². The van der Waals surface area contributed by atoms with Gasteiger partial charge in [-0.1, -0.05) is 0 Å². The maximum absolute atomic E-state index is 6.83. The highest BCUT2D eigenvalue weighted by Gasteiger charge is 2.32. The SMILES string of the molecule is C1=c2cc3c4c(c2Oc2c1cc1c5c2CCCN5CCC1)CCC[N+]=4CCC3.[Cl-]. The topological polar surface area (TPSA) is 15.5 Å². The zero-order valence-corrected chi connectivity index (χ0v) is 17.7. The van der Waals surface area contributed by atoms with Crippen LogP contribution in [0.25, 0.3) is 6.08 Å². The third-order valence-corrected chi connectivity index (χ3v) is 7.52. The molecule has 5 aliphatic rings. The molecule has 0 saturated heterocycles. The van der Waals surface area contributed by atoms with Crippen LogP contribution in [0.2, 0.25) is 0 Å². The van der Waals surface area contributed by atoms with Gasteiger partial charge in [-0.25, -0.2) is 4.58 Å². The molecule has 0 atom stereocenters. The first-order valence-corrected chi connectivity index (χ1v) is 11.3. The fourth-order valence-electron chi connectivity index (χ4n) is 6.44. The van der Waals surface area contributed by atoms with Crippen LogP contribution in [-0.2, 0) is 25.7 Å². The van der Waals surface area contributed by atoms with Gasteiger partial charge in [0, 0.05) is 53.5 Å². The summed E-state index contributed by atoms with van der Waals surface area (Å²) in [5.41, 5.74) is 8.90. The van der Waals surface area contributed by atoms with E-state index in [0.29, 0.717) is 0 Å². The van der Waals surface area contributed by atoms with E-state index in [4.69, 9.17) is 4.74 Å². The van der Waals surface area contributed by atoms with E-state index in [2.05, 4.69) is 27.7 Å². The molecule has 0 saturated carbocycles. The molecule has 0 aliphatic carbocycles. The summed E-state index contributed by atoms with van der Waals surface area (Å²) in [6.07, 6.45) is 12.3. The zero-order chi connectivity index (χ0) is 18.2. The van der Waals surface area contributed by atoms with Crippen molar-refractivity contribution < 1.29 is 17.1 Å². The third-order valence-electron chi connectivity index (χ3n) is 7.52. The van der Waals surface area contributed by atoms with Gasteiger partial charge in [0.05, 0.1) is 5.56 Å². The van der Waals surface area contributed by atoms with E-state index in [-0.39, 0.29) is 12.4 Å². The highest BCUT2D eigenvalue weighted by molar-refractivity contribution is 5.76. The summed E-state index contributed by atoms with van der Waals surface area (Å²) in [6.45, 7) is 4.86. The second-order valence-corrected chi connectivity index (χ2v) is 9.20. The number of nitrogens with zero attached hydrogens (tertiary/aromatic N) is 2. The van der Waals surface area contributed by atoms with Crippen LogP contribution in [0.1, 0.15) is 53.5 Å². The summed E-state index contributed by atoms with van der Waals surface area (Å²) in [5, 5.41) is 2.84. The number of benzene rings is 2. The molecule has 0 bridgehead atoms. The first kappa shape index (κ1) is 17.8. The number of fused-ring (bicyclic) bond motifs is 4. The van der Waals surface area contributed by atoms with Crippen molar-refractivity contribution in [3.8, 4) is 11.5 Å². The van der Waals surface area contributed by atoms with Crippen LogP contribution in [0.15, 0.2) is 12.1 Å². The van der Waals surface area contributed by atoms with Gasteiger partial charge in [-0.05, 0) is 62.3 Å². The fourth-order valence-corrected chi connectivity index (χ4v) is 6.44. The molecule has 3 nitrogen and oxygen atoms in total. The van der Waals surface area contributed by atoms with Crippen molar-refractivity contribution in [1.82, 2.24) is 4.58 Å². The Balaban J connectivity index is 0.00000165. The molecule has 7 rings (SSSR count). The Bertz CT molecular complexity index is 1160. The standard InChI is InChI=1S/C25H27N2O.ClH/c1-5-16-13-18-15-19-14-17-6-2-10-27-12-4-8-21(23(17)27)25(19)28-24(18)20-7-3-11-26(9-1)22(16)20;/h13-15H,1-12H2;1H/q+1;/p-1.